The van der Waals surface area contributed by atoms with Crippen LogP contribution in [0.25, 0.3) is 0 Å². The van der Waals surface area contributed by atoms with E-state index in [9.17, 15) is 9.59 Å². The molecule has 6 nitrogen and oxygen atoms in total. The third kappa shape index (κ3) is 3.69. The van der Waals surface area contributed by atoms with Crippen molar-refractivity contribution >= 4 is 11.8 Å². The van der Waals surface area contributed by atoms with Crippen LogP contribution in [0.1, 0.15) is 26.0 Å². The minimum atomic E-state index is -0.247. The third-order valence-corrected chi connectivity index (χ3v) is 4.37. The molecule has 0 spiro atoms. The Kier molecular flexibility index (Phi) is 4.61. The zero-order chi connectivity index (χ0) is 16.4. The first-order valence-electron chi connectivity index (χ1n) is 8.15. The lowest BCUT2D eigenvalue weighted by molar-refractivity contribution is -0.147. The number of amides is 2. The summed E-state index contributed by atoms with van der Waals surface area (Å²) in [5.74, 6) is -0.143. The number of likely N-dealkylation sites (tertiary alicyclic amines) is 1. The lowest BCUT2D eigenvalue weighted by atomic mass is 10.1. The van der Waals surface area contributed by atoms with Gasteiger partial charge in [0.1, 0.15) is 0 Å². The molecule has 2 aliphatic heterocycles. The average molecular weight is 317 g/mol. The average Bonchev–Trinajstić information content (AvgIpc) is 2.87. The fourth-order valence-electron chi connectivity index (χ4n) is 3.39. The summed E-state index contributed by atoms with van der Waals surface area (Å²) in [6.07, 6.45) is 2.11. The number of morpholine rings is 1. The van der Waals surface area contributed by atoms with Crippen LogP contribution in [0.2, 0.25) is 0 Å². The Balaban J connectivity index is 1.61. The molecule has 3 atom stereocenters. The Labute approximate surface area is 136 Å². The first kappa shape index (κ1) is 15.9. The second kappa shape index (κ2) is 6.66. The summed E-state index contributed by atoms with van der Waals surface area (Å²) in [4.78, 5) is 32.8. The van der Waals surface area contributed by atoms with Crippen molar-refractivity contribution < 1.29 is 14.3 Å². The number of carbonyl (C=O) groups is 2. The van der Waals surface area contributed by atoms with Gasteiger partial charge in [-0.15, -0.1) is 0 Å². The van der Waals surface area contributed by atoms with Gasteiger partial charge in [-0.1, -0.05) is 6.07 Å². The molecular formula is C17H23N3O3. The normalized spacial score (nSPS) is 28.3. The van der Waals surface area contributed by atoms with Gasteiger partial charge >= 0.3 is 0 Å². The number of aromatic nitrogens is 1. The van der Waals surface area contributed by atoms with Crippen LogP contribution in [0.3, 0.4) is 0 Å². The van der Waals surface area contributed by atoms with E-state index in [-0.39, 0.29) is 29.9 Å². The highest BCUT2D eigenvalue weighted by molar-refractivity contribution is 5.89. The Hall–Kier alpha value is -1.95. The van der Waals surface area contributed by atoms with E-state index < -0.39 is 0 Å². The highest BCUT2D eigenvalue weighted by atomic mass is 16.5. The smallest absolute Gasteiger partial charge is 0.228 e. The molecule has 0 aliphatic carbocycles. The van der Waals surface area contributed by atoms with E-state index in [0.717, 1.165) is 5.69 Å². The van der Waals surface area contributed by atoms with Crippen molar-refractivity contribution in [3.05, 3.63) is 30.1 Å². The predicted octanol–water partition coefficient (Wildman–Crippen LogP) is 1.07. The topological polar surface area (TPSA) is 62.7 Å². The van der Waals surface area contributed by atoms with Gasteiger partial charge in [0, 0.05) is 32.3 Å². The van der Waals surface area contributed by atoms with Crippen molar-refractivity contribution in [1.82, 2.24) is 14.8 Å². The highest BCUT2D eigenvalue weighted by Gasteiger charge is 2.38. The SMILES string of the molecule is C[C@@H]1CN(C(=O)[C@H]2CC(=O)N(Cc3ccccn3)C2)C[C@@H](C)O1. The summed E-state index contributed by atoms with van der Waals surface area (Å²) in [5.41, 5.74) is 0.850. The van der Waals surface area contributed by atoms with Crippen LogP contribution in [-0.2, 0) is 20.9 Å². The van der Waals surface area contributed by atoms with Gasteiger partial charge in [-0.25, -0.2) is 0 Å². The second-order valence-corrected chi connectivity index (χ2v) is 6.50. The minimum absolute atomic E-state index is 0.0309. The number of hydrogen-bond acceptors (Lipinski definition) is 4. The molecule has 124 valence electrons. The summed E-state index contributed by atoms with van der Waals surface area (Å²) < 4.78 is 5.67. The molecule has 0 unspecified atom stereocenters. The van der Waals surface area contributed by atoms with E-state index in [1.165, 1.54) is 0 Å². The predicted molar refractivity (Wildman–Crippen MR) is 84.4 cm³/mol. The fraction of sp³-hybridized carbons (Fsp3) is 0.588. The molecule has 3 heterocycles. The zero-order valence-electron chi connectivity index (χ0n) is 13.6. The molecule has 1 aromatic rings. The Morgan fingerprint density at radius 1 is 1.26 bits per heavy atom. The van der Waals surface area contributed by atoms with Crippen LogP contribution in [-0.4, -0.2) is 58.4 Å². The third-order valence-electron chi connectivity index (χ3n) is 4.37. The molecule has 0 saturated carbocycles. The van der Waals surface area contributed by atoms with E-state index in [1.807, 2.05) is 36.9 Å². The van der Waals surface area contributed by atoms with Crippen LogP contribution < -0.4 is 0 Å². The zero-order valence-corrected chi connectivity index (χ0v) is 13.6. The van der Waals surface area contributed by atoms with Crippen LogP contribution in [0.5, 0.6) is 0 Å². The first-order chi connectivity index (χ1) is 11.0. The van der Waals surface area contributed by atoms with Gasteiger partial charge in [-0.3, -0.25) is 14.6 Å². The highest BCUT2D eigenvalue weighted by Crippen LogP contribution is 2.23. The minimum Gasteiger partial charge on any atom is -0.372 e. The molecule has 0 radical (unpaired) electrons. The van der Waals surface area contributed by atoms with Crippen molar-refractivity contribution in [2.45, 2.75) is 39.0 Å². The molecule has 0 aromatic carbocycles. The molecule has 0 bridgehead atoms. The van der Waals surface area contributed by atoms with E-state index in [2.05, 4.69) is 4.98 Å². The van der Waals surface area contributed by atoms with E-state index in [4.69, 9.17) is 4.74 Å². The van der Waals surface area contributed by atoms with E-state index in [0.29, 0.717) is 32.6 Å². The van der Waals surface area contributed by atoms with Gasteiger partial charge in [-0.05, 0) is 26.0 Å². The Morgan fingerprint density at radius 3 is 2.65 bits per heavy atom. The number of ether oxygens (including phenoxy) is 1. The lowest BCUT2D eigenvalue weighted by Gasteiger charge is -2.36. The molecule has 6 heteroatoms. The molecule has 2 amide bonds. The Bertz CT molecular complexity index is 568. The second-order valence-electron chi connectivity index (χ2n) is 6.50. The number of hydrogen-bond donors (Lipinski definition) is 0. The summed E-state index contributed by atoms with van der Waals surface area (Å²) in [6, 6.07) is 5.65. The fourth-order valence-corrected chi connectivity index (χ4v) is 3.39. The van der Waals surface area contributed by atoms with Gasteiger partial charge < -0.3 is 14.5 Å². The van der Waals surface area contributed by atoms with Crippen molar-refractivity contribution in [3.63, 3.8) is 0 Å². The molecule has 2 aliphatic rings. The molecule has 23 heavy (non-hydrogen) atoms. The number of rotatable bonds is 3. The maximum absolute atomic E-state index is 12.7. The van der Waals surface area contributed by atoms with Crippen LogP contribution >= 0.6 is 0 Å². The quantitative estimate of drug-likeness (QED) is 0.836. The Morgan fingerprint density at radius 2 is 2.00 bits per heavy atom. The van der Waals surface area contributed by atoms with Crippen LogP contribution in [0.15, 0.2) is 24.4 Å². The number of carbonyl (C=O) groups excluding carboxylic acids is 2. The largest absolute Gasteiger partial charge is 0.372 e. The van der Waals surface area contributed by atoms with Gasteiger partial charge in [0.05, 0.1) is 30.4 Å². The van der Waals surface area contributed by atoms with Crippen molar-refractivity contribution in [1.29, 1.82) is 0 Å². The summed E-state index contributed by atoms with van der Waals surface area (Å²) in [5, 5.41) is 0. The standard InChI is InChI=1S/C17H23N3O3/c1-12-8-20(9-13(2)23-12)17(22)14-7-16(21)19(10-14)11-15-5-3-4-6-18-15/h3-6,12-14H,7-11H2,1-2H3/t12-,13-,14+/m1/s1. The molecule has 2 fully saturated rings. The lowest BCUT2D eigenvalue weighted by Crippen LogP contribution is -2.50. The first-order valence-corrected chi connectivity index (χ1v) is 8.15. The number of pyridine rings is 1. The van der Waals surface area contributed by atoms with E-state index in [1.54, 1.807) is 11.1 Å². The van der Waals surface area contributed by atoms with Crippen LogP contribution in [0.4, 0.5) is 0 Å². The van der Waals surface area contributed by atoms with Crippen molar-refractivity contribution in [3.8, 4) is 0 Å². The molecule has 2 saturated heterocycles. The van der Waals surface area contributed by atoms with Crippen molar-refractivity contribution in [2.75, 3.05) is 19.6 Å². The molecule has 1 aromatic heterocycles. The van der Waals surface area contributed by atoms with Gasteiger partial charge in [-0.2, -0.15) is 0 Å². The maximum atomic E-state index is 12.7. The van der Waals surface area contributed by atoms with Gasteiger partial charge in [0.25, 0.3) is 0 Å². The summed E-state index contributed by atoms with van der Waals surface area (Å²) in [7, 11) is 0. The van der Waals surface area contributed by atoms with Crippen LogP contribution in [0, 0.1) is 5.92 Å². The monoisotopic (exact) mass is 317 g/mol. The summed E-state index contributed by atoms with van der Waals surface area (Å²) in [6.45, 7) is 6.11. The molecular weight excluding hydrogens is 294 g/mol. The maximum Gasteiger partial charge on any atom is 0.228 e. The van der Waals surface area contributed by atoms with Gasteiger partial charge in [0.15, 0.2) is 0 Å². The van der Waals surface area contributed by atoms with Crippen molar-refractivity contribution in [2.24, 2.45) is 5.92 Å². The summed E-state index contributed by atoms with van der Waals surface area (Å²) >= 11 is 0. The molecule has 3 rings (SSSR count). The molecule has 0 N–H and O–H groups in total. The number of nitrogens with zero attached hydrogens (tertiary/aromatic N) is 3. The van der Waals surface area contributed by atoms with Gasteiger partial charge in [0.2, 0.25) is 11.8 Å². The van der Waals surface area contributed by atoms with E-state index >= 15 is 0 Å².